The quantitative estimate of drug-likeness (QED) is 0.663. The Balaban J connectivity index is 0.00000220. The van der Waals surface area contributed by atoms with Gasteiger partial charge in [0.2, 0.25) is 0 Å². The maximum atomic E-state index is 5.85. The second-order valence-corrected chi connectivity index (χ2v) is 5.68. The fraction of sp³-hybridized carbons (Fsp3) is 0.867. The molecule has 122 valence electrons. The standard InChI is InChI=1S/C15H29N5.ClH/c1-2-3-4-5-6-7-14-17-8-10-19(14)12-13-20-11-9-18-15(20)16;/h2-13H2,1H3,(H2,16,18);1H. The van der Waals surface area contributed by atoms with E-state index in [1.165, 1.54) is 37.9 Å². The number of halogens is 1. The van der Waals surface area contributed by atoms with Crippen LogP contribution in [-0.4, -0.2) is 60.9 Å². The minimum absolute atomic E-state index is 0. The SMILES string of the molecule is CCCCCCCC1=NCCN1CCN1CCN=C1N.Cl. The number of guanidine groups is 1. The lowest BCUT2D eigenvalue weighted by atomic mass is 10.1. The fourth-order valence-electron chi connectivity index (χ4n) is 2.86. The molecule has 2 aliphatic heterocycles. The van der Waals surface area contributed by atoms with Gasteiger partial charge in [0.25, 0.3) is 0 Å². The lowest BCUT2D eigenvalue weighted by Gasteiger charge is -2.24. The summed E-state index contributed by atoms with van der Waals surface area (Å²) in [6, 6.07) is 0. The van der Waals surface area contributed by atoms with Gasteiger partial charge in [-0.05, 0) is 6.42 Å². The van der Waals surface area contributed by atoms with Crippen molar-refractivity contribution in [3.63, 3.8) is 0 Å². The summed E-state index contributed by atoms with van der Waals surface area (Å²) in [4.78, 5) is 13.5. The first-order valence-electron chi connectivity index (χ1n) is 8.14. The van der Waals surface area contributed by atoms with Crippen LogP contribution in [0.3, 0.4) is 0 Å². The summed E-state index contributed by atoms with van der Waals surface area (Å²) in [5.74, 6) is 2.03. The van der Waals surface area contributed by atoms with Gasteiger partial charge in [-0.3, -0.25) is 9.98 Å². The van der Waals surface area contributed by atoms with E-state index < -0.39 is 0 Å². The zero-order valence-electron chi connectivity index (χ0n) is 13.3. The number of nitrogens with zero attached hydrogens (tertiary/aromatic N) is 4. The normalized spacial score (nSPS) is 17.8. The van der Waals surface area contributed by atoms with Gasteiger partial charge in [0, 0.05) is 32.6 Å². The molecule has 0 amide bonds. The highest BCUT2D eigenvalue weighted by Crippen LogP contribution is 2.11. The molecule has 0 bridgehead atoms. The van der Waals surface area contributed by atoms with Gasteiger partial charge in [-0.15, -0.1) is 12.4 Å². The van der Waals surface area contributed by atoms with Crippen molar-refractivity contribution in [1.29, 1.82) is 0 Å². The molecule has 6 heteroatoms. The molecule has 2 heterocycles. The molecule has 2 aliphatic rings. The lowest BCUT2D eigenvalue weighted by molar-refractivity contribution is 0.364. The van der Waals surface area contributed by atoms with Gasteiger partial charge in [0.05, 0.1) is 18.9 Å². The number of nitrogens with two attached hydrogens (primary N) is 1. The summed E-state index contributed by atoms with van der Waals surface area (Å²) >= 11 is 0. The molecule has 0 saturated heterocycles. The Kier molecular flexibility index (Phi) is 8.50. The molecule has 0 unspecified atom stereocenters. The van der Waals surface area contributed by atoms with Gasteiger partial charge in [-0.25, -0.2) is 0 Å². The van der Waals surface area contributed by atoms with E-state index in [9.17, 15) is 0 Å². The molecule has 5 nitrogen and oxygen atoms in total. The van der Waals surface area contributed by atoms with Gasteiger partial charge in [-0.1, -0.05) is 32.6 Å². The summed E-state index contributed by atoms with van der Waals surface area (Å²) in [5, 5.41) is 0. The summed E-state index contributed by atoms with van der Waals surface area (Å²) < 4.78 is 0. The predicted octanol–water partition coefficient (Wildman–Crippen LogP) is 2.11. The zero-order valence-corrected chi connectivity index (χ0v) is 14.1. The van der Waals surface area contributed by atoms with E-state index >= 15 is 0 Å². The number of rotatable bonds is 9. The average molecular weight is 316 g/mol. The molecule has 0 spiro atoms. The van der Waals surface area contributed by atoms with Crippen LogP contribution in [0.1, 0.15) is 45.4 Å². The second-order valence-electron chi connectivity index (χ2n) is 5.68. The molecule has 0 radical (unpaired) electrons. The Morgan fingerprint density at radius 2 is 1.62 bits per heavy atom. The molecule has 0 aromatic heterocycles. The molecule has 0 aliphatic carbocycles. The third-order valence-electron chi connectivity index (χ3n) is 4.14. The molecule has 2 N–H and O–H groups in total. The highest BCUT2D eigenvalue weighted by Gasteiger charge is 2.19. The van der Waals surface area contributed by atoms with E-state index in [1.54, 1.807) is 0 Å². The third kappa shape index (κ3) is 5.73. The van der Waals surface area contributed by atoms with Gasteiger partial charge < -0.3 is 15.5 Å². The Bertz CT molecular complexity index is 356. The maximum Gasteiger partial charge on any atom is 0.191 e. The first-order valence-corrected chi connectivity index (χ1v) is 8.14. The number of hydrogen-bond donors (Lipinski definition) is 1. The van der Waals surface area contributed by atoms with E-state index in [2.05, 4.69) is 26.7 Å². The van der Waals surface area contributed by atoms with Crippen molar-refractivity contribution in [2.45, 2.75) is 45.4 Å². The summed E-state index contributed by atoms with van der Waals surface area (Å²) in [5.41, 5.74) is 5.85. The molecule has 21 heavy (non-hydrogen) atoms. The van der Waals surface area contributed by atoms with Crippen LogP contribution in [0.2, 0.25) is 0 Å². The minimum atomic E-state index is 0. The van der Waals surface area contributed by atoms with Crippen LogP contribution < -0.4 is 5.73 Å². The topological polar surface area (TPSA) is 57.2 Å². The van der Waals surface area contributed by atoms with Crippen LogP contribution in [0.4, 0.5) is 0 Å². The van der Waals surface area contributed by atoms with E-state index in [-0.39, 0.29) is 12.4 Å². The highest BCUT2D eigenvalue weighted by atomic mass is 35.5. The smallest absolute Gasteiger partial charge is 0.191 e. The minimum Gasteiger partial charge on any atom is -0.370 e. The number of aliphatic imine (C=N–C) groups is 2. The van der Waals surface area contributed by atoms with Gasteiger partial charge in [-0.2, -0.15) is 0 Å². The van der Waals surface area contributed by atoms with Crippen molar-refractivity contribution in [2.24, 2.45) is 15.7 Å². The van der Waals surface area contributed by atoms with E-state index in [4.69, 9.17) is 5.73 Å². The van der Waals surface area contributed by atoms with E-state index in [0.29, 0.717) is 5.96 Å². The number of hydrogen-bond acceptors (Lipinski definition) is 5. The molecular weight excluding hydrogens is 286 g/mol. The maximum absolute atomic E-state index is 5.85. The summed E-state index contributed by atoms with van der Waals surface area (Å²) in [6.07, 6.45) is 7.81. The molecule has 0 fully saturated rings. The van der Waals surface area contributed by atoms with Gasteiger partial charge >= 0.3 is 0 Å². The van der Waals surface area contributed by atoms with Crippen LogP contribution >= 0.6 is 12.4 Å². The highest BCUT2D eigenvalue weighted by molar-refractivity contribution is 5.85. The first-order chi connectivity index (χ1) is 9.81. The molecule has 0 saturated carbocycles. The fourth-order valence-corrected chi connectivity index (χ4v) is 2.86. The van der Waals surface area contributed by atoms with Crippen LogP contribution in [0.25, 0.3) is 0 Å². The molecule has 0 atom stereocenters. The van der Waals surface area contributed by atoms with Crippen molar-refractivity contribution >= 4 is 24.2 Å². The molecule has 0 aromatic carbocycles. The van der Waals surface area contributed by atoms with Crippen molar-refractivity contribution in [1.82, 2.24) is 9.80 Å². The number of unbranched alkanes of at least 4 members (excludes halogenated alkanes) is 4. The van der Waals surface area contributed by atoms with Crippen molar-refractivity contribution < 1.29 is 0 Å². The Morgan fingerprint density at radius 1 is 0.952 bits per heavy atom. The Morgan fingerprint density at radius 3 is 2.33 bits per heavy atom. The van der Waals surface area contributed by atoms with Crippen molar-refractivity contribution in [3.05, 3.63) is 0 Å². The summed E-state index contributed by atoms with van der Waals surface area (Å²) in [7, 11) is 0. The molecule has 0 aromatic rings. The van der Waals surface area contributed by atoms with Crippen molar-refractivity contribution in [2.75, 3.05) is 39.3 Å². The monoisotopic (exact) mass is 315 g/mol. The third-order valence-corrected chi connectivity index (χ3v) is 4.14. The predicted molar refractivity (Wildman–Crippen MR) is 92.6 cm³/mol. The van der Waals surface area contributed by atoms with Crippen LogP contribution in [0.15, 0.2) is 9.98 Å². The molecular formula is C15H30ClN5. The average Bonchev–Trinajstić information content (AvgIpc) is 3.05. The van der Waals surface area contributed by atoms with Gasteiger partial charge in [0.1, 0.15) is 0 Å². The van der Waals surface area contributed by atoms with Crippen LogP contribution in [0.5, 0.6) is 0 Å². The first kappa shape index (κ1) is 18.1. The molecule has 2 rings (SSSR count). The summed E-state index contributed by atoms with van der Waals surface area (Å²) in [6.45, 7) is 8.14. The Labute approximate surface area is 135 Å². The second kappa shape index (κ2) is 9.87. The lowest BCUT2D eigenvalue weighted by Crippen LogP contribution is -2.41. The van der Waals surface area contributed by atoms with E-state index in [1.807, 2.05) is 0 Å². The number of amidine groups is 1. The zero-order chi connectivity index (χ0) is 14.2. The van der Waals surface area contributed by atoms with Crippen LogP contribution in [0, 0.1) is 0 Å². The Hall–Kier alpha value is -0.970. The van der Waals surface area contributed by atoms with E-state index in [0.717, 1.165) is 45.7 Å². The largest absolute Gasteiger partial charge is 0.370 e. The van der Waals surface area contributed by atoms with Gasteiger partial charge in [0.15, 0.2) is 5.96 Å². The van der Waals surface area contributed by atoms with Crippen molar-refractivity contribution in [3.8, 4) is 0 Å². The van der Waals surface area contributed by atoms with Crippen LogP contribution in [-0.2, 0) is 0 Å².